The zero-order valence-corrected chi connectivity index (χ0v) is 39.7. The summed E-state index contributed by atoms with van der Waals surface area (Å²) in [5.41, 5.74) is 0. The molecule has 2 saturated heterocycles. The third kappa shape index (κ3) is 26.7. The molecule has 0 radical (unpaired) electrons. The van der Waals surface area contributed by atoms with Crippen molar-refractivity contribution in [3.05, 3.63) is 60.8 Å². The number of ether oxygens (including phenoxy) is 6. The molecule has 14 nitrogen and oxygen atoms in total. The Morgan fingerprint density at radius 3 is 1.57 bits per heavy atom. The minimum Gasteiger partial charge on any atom is -0.457 e. The van der Waals surface area contributed by atoms with Crippen molar-refractivity contribution in [3.8, 4) is 0 Å². The maximum atomic E-state index is 12.8. The van der Waals surface area contributed by atoms with Gasteiger partial charge in [0, 0.05) is 13.0 Å². The molecule has 0 aromatic heterocycles. The van der Waals surface area contributed by atoms with Gasteiger partial charge in [0.25, 0.3) is 0 Å². The van der Waals surface area contributed by atoms with Crippen LogP contribution in [-0.4, -0.2) is 142 Å². The molecule has 2 aliphatic heterocycles. The fourth-order valence-corrected chi connectivity index (χ4v) is 7.49. The lowest BCUT2D eigenvalue weighted by Gasteiger charge is -2.42. The first-order chi connectivity index (χ1) is 31.6. The highest BCUT2D eigenvalue weighted by molar-refractivity contribution is 5.69. The molecular formula is C51H88O14. The SMILES string of the molecule is CC/C=C\C/C=C\C/C=C\C/C=C\C/C=C\CCCCCCCCCCCCOCC(COC1OC(COC2OC(CO)C(O)C(O)C2O)C(O)C(O)C1O)OC(=O)CCCCCCC. The number of hydrogen-bond acceptors (Lipinski definition) is 14. The van der Waals surface area contributed by atoms with Gasteiger partial charge in [-0.25, -0.2) is 0 Å². The van der Waals surface area contributed by atoms with Gasteiger partial charge >= 0.3 is 5.97 Å². The first-order valence-corrected chi connectivity index (χ1v) is 24.9. The van der Waals surface area contributed by atoms with Crippen LogP contribution < -0.4 is 0 Å². The minimum absolute atomic E-state index is 0.0558. The van der Waals surface area contributed by atoms with Gasteiger partial charge in [0.1, 0.15) is 54.9 Å². The second-order valence-electron chi connectivity index (χ2n) is 17.3. The Morgan fingerprint density at radius 1 is 0.523 bits per heavy atom. The van der Waals surface area contributed by atoms with Crippen molar-refractivity contribution in [2.24, 2.45) is 0 Å². The fraction of sp³-hybridized carbons (Fsp3) is 0.784. The lowest BCUT2D eigenvalue weighted by molar-refractivity contribution is -0.332. The maximum absolute atomic E-state index is 12.8. The molecular weight excluding hydrogens is 837 g/mol. The van der Waals surface area contributed by atoms with Gasteiger partial charge < -0.3 is 64.2 Å². The molecule has 7 N–H and O–H groups in total. The van der Waals surface area contributed by atoms with E-state index >= 15 is 0 Å². The topological polar surface area (TPSA) is 214 Å². The van der Waals surface area contributed by atoms with Gasteiger partial charge in [0.2, 0.25) is 0 Å². The molecule has 0 bridgehead atoms. The van der Waals surface area contributed by atoms with E-state index in [0.29, 0.717) is 13.0 Å². The number of carbonyl (C=O) groups excluding carboxylic acids is 1. The number of hydrogen-bond donors (Lipinski definition) is 7. The number of aliphatic hydroxyl groups is 7. The third-order valence-electron chi connectivity index (χ3n) is 11.5. The summed E-state index contributed by atoms with van der Waals surface area (Å²) in [6.45, 7) is 3.44. The number of carbonyl (C=O) groups is 1. The smallest absolute Gasteiger partial charge is 0.306 e. The first kappa shape index (κ1) is 58.8. The van der Waals surface area contributed by atoms with Gasteiger partial charge in [-0.1, -0.05) is 152 Å². The van der Waals surface area contributed by atoms with Crippen LogP contribution in [0.1, 0.15) is 155 Å². The summed E-state index contributed by atoms with van der Waals surface area (Å²) in [6.07, 6.45) is 29.2. The van der Waals surface area contributed by atoms with Gasteiger partial charge in [-0.2, -0.15) is 0 Å². The molecule has 0 saturated carbocycles. The predicted molar refractivity (Wildman–Crippen MR) is 252 cm³/mol. The van der Waals surface area contributed by atoms with E-state index in [-0.39, 0.29) is 19.6 Å². The summed E-state index contributed by atoms with van der Waals surface area (Å²) < 4.78 is 34.0. The number of aliphatic hydroxyl groups excluding tert-OH is 7. The van der Waals surface area contributed by atoms with Crippen LogP contribution >= 0.6 is 0 Å². The average molecular weight is 925 g/mol. The standard InChI is InChI=1S/C51H88O14/c1-3-5-7-9-10-11-12-13-14-15-16-17-18-19-20-21-22-23-24-25-26-27-28-29-31-33-35-60-37-40(63-43(53)34-32-30-8-6-4-2)38-61-50-49(59)47(57)45(55)42(65-50)39-62-51-48(58)46(56)44(54)41(36-52)64-51/h5,7,10-11,13-14,16-17,19-20,40-42,44-52,54-59H,3-4,6,8-9,12,15,18,21-39H2,1-2H3/b7-5-,11-10-,14-13-,17-16-,20-19-. The highest BCUT2D eigenvalue weighted by atomic mass is 16.7. The van der Waals surface area contributed by atoms with Gasteiger partial charge in [0.15, 0.2) is 12.6 Å². The zero-order chi connectivity index (χ0) is 47.3. The lowest BCUT2D eigenvalue weighted by atomic mass is 9.98. The van der Waals surface area contributed by atoms with E-state index in [9.17, 15) is 40.5 Å². The quantitative estimate of drug-likeness (QED) is 0.0190. The van der Waals surface area contributed by atoms with Crippen LogP contribution in [0.3, 0.4) is 0 Å². The van der Waals surface area contributed by atoms with Crippen molar-refractivity contribution in [2.45, 2.75) is 223 Å². The summed E-state index contributed by atoms with van der Waals surface area (Å²) in [6, 6.07) is 0. The van der Waals surface area contributed by atoms with E-state index in [1.165, 1.54) is 44.9 Å². The molecule has 376 valence electrons. The van der Waals surface area contributed by atoms with Crippen molar-refractivity contribution in [1.82, 2.24) is 0 Å². The molecule has 0 aliphatic carbocycles. The second kappa shape index (κ2) is 38.6. The Labute approximate surface area is 390 Å². The van der Waals surface area contributed by atoms with E-state index in [2.05, 4.69) is 74.6 Å². The summed E-state index contributed by atoms with van der Waals surface area (Å²) in [4.78, 5) is 12.8. The highest BCUT2D eigenvalue weighted by Gasteiger charge is 2.47. The van der Waals surface area contributed by atoms with Crippen molar-refractivity contribution >= 4 is 5.97 Å². The van der Waals surface area contributed by atoms with E-state index in [1.54, 1.807) is 0 Å². The van der Waals surface area contributed by atoms with Gasteiger partial charge in [-0.05, 0) is 57.8 Å². The highest BCUT2D eigenvalue weighted by Crippen LogP contribution is 2.26. The monoisotopic (exact) mass is 925 g/mol. The molecule has 2 fully saturated rings. The van der Waals surface area contributed by atoms with E-state index < -0.39 is 86.7 Å². The Bertz CT molecular complexity index is 1300. The summed E-state index contributed by atoms with van der Waals surface area (Å²) in [5, 5.41) is 71.8. The second-order valence-corrected chi connectivity index (χ2v) is 17.3. The Balaban J connectivity index is 1.63. The molecule has 11 atom stereocenters. The number of rotatable bonds is 38. The van der Waals surface area contributed by atoms with Crippen LogP contribution in [0.2, 0.25) is 0 Å². The van der Waals surface area contributed by atoms with Crippen LogP contribution in [0.4, 0.5) is 0 Å². The molecule has 14 heteroatoms. The Kier molecular flexibility index (Phi) is 35.0. The summed E-state index contributed by atoms with van der Waals surface area (Å²) in [7, 11) is 0. The molecule has 11 unspecified atom stereocenters. The molecule has 65 heavy (non-hydrogen) atoms. The normalized spacial score (nSPS) is 27.0. The zero-order valence-electron chi connectivity index (χ0n) is 39.7. The number of allylic oxidation sites excluding steroid dienone is 10. The summed E-state index contributed by atoms with van der Waals surface area (Å²) in [5.74, 6) is -0.393. The van der Waals surface area contributed by atoms with E-state index in [1.807, 2.05) is 0 Å². The van der Waals surface area contributed by atoms with Crippen LogP contribution in [-0.2, 0) is 33.2 Å². The fourth-order valence-electron chi connectivity index (χ4n) is 7.49. The largest absolute Gasteiger partial charge is 0.457 e. The molecule has 0 aromatic carbocycles. The minimum atomic E-state index is -1.71. The van der Waals surface area contributed by atoms with Crippen LogP contribution in [0.15, 0.2) is 60.8 Å². The molecule has 2 rings (SSSR count). The number of unbranched alkanes of at least 4 members (excludes halogenated alkanes) is 14. The first-order valence-electron chi connectivity index (χ1n) is 24.9. The molecule has 0 amide bonds. The maximum Gasteiger partial charge on any atom is 0.306 e. The molecule has 2 aliphatic rings. The third-order valence-corrected chi connectivity index (χ3v) is 11.5. The average Bonchev–Trinajstić information content (AvgIpc) is 3.30. The van der Waals surface area contributed by atoms with Gasteiger partial charge in [0.05, 0.1) is 26.4 Å². The van der Waals surface area contributed by atoms with Crippen molar-refractivity contribution in [3.63, 3.8) is 0 Å². The predicted octanol–water partition coefficient (Wildman–Crippen LogP) is 6.96. The molecule has 0 spiro atoms. The van der Waals surface area contributed by atoms with Crippen molar-refractivity contribution < 1.29 is 69.0 Å². The van der Waals surface area contributed by atoms with E-state index in [4.69, 9.17) is 28.4 Å². The molecule has 0 aromatic rings. The van der Waals surface area contributed by atoms with Gasteiger partial charge in [-0.15, -0.1) is 0 Å². The molecule has 2 heterocycles. The van der Waals surface area contributed by atoms with E-state index in [0.717, 1.165) is 83.5 Å². The summed E-state index contributed by atoms with van der Waals surface area (Å²) >= 11 is 0. The Hall–Kier alpha value is -2.31. The van der Waals surface area contributed by atoms with Gasteiger partial charge in [-0.3, -0.25) is 4.79 Å². The number of esters is 1. The lowest BCUT2D eigenvalue weighted by Crippen LogP contribution is -2.61. The van der Waals surface area contributed by atoms with Crippen LogP contribution in [0.5, 0.6) is 0 Å². The van der Waals surface area contributed by atoms with Crippen molar-refractivity contribution in [1.29, 1.82) is 0 Å². The van der Waals surface area contributed by atoms with Crippen LogP contribution in [0.25, 0.3) is 0 Å². The van der Waals surface area contributed by atoms with Crippen molar-refractivity contribution in [2.75, 3.05) is 33.0 Å². The van der Waals surface area contributed by atoms with Crippen LogP contribution in [0, 0.1) is 0 Å². The Morgan fingerprint density at radius 2 is 1.00 bits per heavy atom.